The molecule has 0 spiro atoms. The predicted octanol–water partition coefficient (Wildman–Crippen LogP) is 3.85. The first-order valence-electron chi connectivity index (χ1n) is 11.2. The van der Waals surface area contributed by atoms with Gasteiger partial charge >= 0.3 is 11.7 Å². The molecule has 2 aliphatic rings. The van der Waals surface area contributed by atoms with Crippen molar-refractivity contribution >= 4 is 17.4 Å². The van der Waals surface area contributed by atoms with Gasteiger partial charge < -0.3 is 24.6 Å². The summed E-state index contributed by atoms with van der Waals surface area (Å²) in [5, 5.41) is 25.1. The van der Waals surface area contributed by atoms with Gasteiger partial charge in [0.05, 0.1) is 31.8 Å². The Morgan fingerprint density at radius 3 is 2.44 bits per heavy atom. The zero-order valence-corrected chi connectivity index (χ0v) is 20.3. The Morgan fingerprint density at radius 1 is 1.11 bits per heavy atom. The van der Waals surface area contributed by atoms with Crippen LogP contribution >= 0.6 is 0 Å². The number of nitrogens with one attached hydrogen (secondary N) is 1. The standard InChI is InChI=1S/C26H26N2O8/c1-13-22(26(31)36-4)23(15-10-18(28(32)33)25(30)21(12-15)35-3)24-17(27-13)9-14(11-19(24)29)16-7-5-6-8-20(16)34-2/h5-8,10,12,14,23,27,30H,9,11H2,1-4H3/t14-,23-/m0/s1. The number of benzene rings is 2. The van der Waals surface area contributed by atoms with E-state index in [-0.39, 0.29) is 35.0 Å². The number of nitro benzene ring substituents is 1. The normalized spacial score (nSPS) is 19.4. The Kier molecular flexibility index (Phi) is 6.69. The van der Waals surface area contributed by atoms with E-state index in [9.17, 15) is 24.8 Å². The van der Waals surface area contributed by atoms with Crippen molar-refractivity contribution in [2.24, 2.45) is 0 Å². The Morgan fingerprint density at radius 2 is 1.81 bits per heavy atom. The van der Waals surface area contributed by atoms with Gasteiger partial charge in [-0.15, -0.1) is 0 Å². The summed E-state index contributed by atoms with van der Waals surface area (Å²) in [5.74, 6) is -2.12. The zero-order valence-electron chi connectivity index (χ0n) is 20.3. The molecule has 0 unspecified atom stereocenters. The van der Waals surface area contributed by atoms with Crippen LogP contribution in [0.3, 0.4) is 0 Å². The third-order valence-corrected chi connectivity index (χ3v) is 6.64. The lowest BCUT2D eigenvalue weighted by Gasteiger charge is -2.36. The lowest BCUT2D eigenvalue weighted by molar-refractivity contribution is -0.386. The summed E-state index contributed by atoms with van der Waals surface area (Å²) < 4.78 is 15.7. The van der Waals surface area contributed by atoms with Gasteiger partial charge in [0.2, 0.25) is 5.75 Å². The van der Waals surface area contributed by atoms with E-state index < -0.39 is 28.2 Å². The first-order chi connectivity index (χ1) is 17.2. The highest BCUT2D eigenvalue weighted by Gasteiger charge is 2.42. The Labute approximate surface area is 207 Å². The lowest BCUT2D eigenvalue weighted by atomic mass is 9.71. The Balaban J connectivity index is 1.90. The third kappa shape index (κ3) is 4.15. The molecular weight excluding hydrogens is 468 g/mol. The van der Waals surface area contributed by atoms with Crippen LogP contribution in [0, 0.1) is 10.1 Å². The lowest BCUT2D eigenvalue weighted by Crippen LogP contribution is -2.36. The Hall–Kier alpha value is -4.34. The molecule has 0 bridgehead atoms. The highest BCUT2D eigenvalue weighted by molar-refractivity contribution is 6.04. The minimum atomic E-state index is -0.951. The minimum absolute atomic E-state index is 0.142. The third-order valence-electron chi connectivity index (χ3n) is 6.64. The van der Waals surface area contributed by atoms with Gasteiger partial charge in [0, 0.05) is 41.3 Å². The molecule has 36 heavy (non-hydrogen) atoms. The number of aromatic hydroxyl groups is 1. The number of methoxy groups -OCH3 is 3. The van der Waals surface area contributed by atoms with E-state index >= 15 is 0 Å². The van der Waals surface area contributed by atoms with Crippen LogP contribution in [-0.2, 0) is 14.3 Å². The van der Waals surface area contributed by atoms with E-state index in [1.807, 2.05) is 24.3 Å². The van der Waals surface area contributed by atoms with Crippen molar-refractivity contribution in [3.05, 3.63) is 80.2 Å². The molecule has 2 atom stereocenters. The fraction of sp³-hybridized carbons (Fsp3) is 0.308. The van der Waals surface area contributed by atoms with Crippen molar-refractivity contribution in [2.75, 3.05) is 21.3 Å². The summed E-state index contributed by atoms with van der Waals surface area (Å²) in [6.07, 6.45) is 0.614. The van der Waals surface area contributed by atoms with Crippen LogP contribution in [0.1, 0.15) is 42.7 Å². The van der Waals surface area contributed by atoms with E-state index in [1.54, 1.807) is 14.0 Å². The highest BCUT2D eigenvalue weighted by atomic mass is 16.6. The Bertz CT molecular complexity index is 1330. The summed E-state index contributed by atoms with van der Waals surface area (Å²) in [4.78, 5) is 37.4. The quantitative estimate of drug-likeness (QED) is 0.348. The van der Waals surface area contributed by atoms with Crippen molar-refractivity contribution < 1.29 is 33.8 Å². The molecule has 2 N–H and O–H groups in total. The van der Waals surface area contributed by atoms with Crippen LogP contribution in [0.5, 0.6) is 17.2 Å². The van der Waals surface area contributed by atoms with Crippen LogP contribution in [0.25, 0.3) is 0 Å². The van der Waals surface area contributed by atoms with Gasteiger partial charge in [0.1, 0.15) is 5.75 Å². The van der Waals surface area contributed by atoms with Gasteiger partial charge in [-0.2, -0.15) is 0 Å². The predicted molar refractivity (Wildman–Crippen MR) is 129 cm³/mol. The highest BCUT2D eigenvalue weighted by Crippen LogP contribution is 2.49. The van der Waals surface area contributed by atoms with Gasteiger partial charge in [-0.25, -0.2) is 4.79 Å². The first-order valence-corrected chi connectivity index (χ1v) is 11.2. The van der Waals surface area contributed by atoms with E-state index in [1.165, 1.54) is 20.3 Å². The van der Waals surface area contributed by atoms with Crippen molar-refractivity contribution in [2.45, 2.75) is 31.6 Å². The second-order valence-corrected chi connectivity index (χ2v) is 8.60. The van der Waals surface area contributed by atoms with Gasteiger partial charge in [-0.3, -0.25) is 14.9 Å². The smallest absolute Gasteiger partial charge is 0.336 e. The van der Waals surface area contributed by atoms with Crippen molar-refractivity contribution in [1.82, 2.24) is 5.32 Å². The van der Waals surface area contributed by atoms with Gasteiger partial charge in [-0.1, -0.05) is 18.2 Å². The topological polar surface area (TPSA) is 137 Å². The van der Waals surface area contributed by atoms with Crippen molar-refractivity contribution in [3.63, 3.8) is 0 Å². The number of rotatable bonds is 6. The van der Waals surface area contributed by atoms with E-state index in [0.29, 0.717) is 29.1 Å². The molecule has 10 nitrogen and oxygen atoms in total. The summed E-state index contributed by atoms with van der Waals surface area (Å²) >= 11 is 0. The number of para-hydroxylation sites is 1. The number of phenols is 1. The molecule has 0 saturated heterocycles. The van der Waals surface area contributed by atoms with Gasteiger partial charge in [0.15, 0.2) is 11.5 Å². The van der Waals surface area contributed by atoms with Crippen LogP contribution in [-0.4, -0.2) is 43.1 Å². The van der Waals surface area contributed by atoms with Gasteiger partial charge in [0.25, 0.3) is 0 Å². The van der Waals surface area contributed by atoms with Crippen molar-refractivity contribution in [1.29, 1.82) is 0 Å². The molecule has 2 aromatic rings. The molecular formula is C26H26N2O8. The maximum atomic E-state index is 13.7. The number of esters is 1. The SMILES string of the molecule is COC(=O)C1=C(C)NC2=C(C(=O)C[C@@H](c3ccccc3OC)C2)[C@H]1c1cc(OC)c(O)c([N+](=O)[O-])c1. The molecule has 0 aromatic heterocycles. The molecule has 1 aliphatic carbocycles. The number of ketones is 1. The second-order valence-electron chi connectivity index (χ2n) is 8.60. The van der Waals surface area contributed by atoms with E-state index in [0.717, 1.165) is 11.6 Å². The number of phenolic OH excluding ortho intramolecular Hbond substituents is 1. The molecule has 10 heteroatoms. The first kappa shape index (κ1) is 24.8. The zero-order chi connectivity index (χ0) is 26.1. The number of nitrogens with zero attached hydrogens (tertiary/aromatic N) is 1. The number of allylic oxidation sites excluding steroid dienone is 3. The molecule has 4 rings (SSSR count). The number of carbonyl (C=O) groups excluding carboxylic acids is 2. The van der Waals surface area contributed by atoms with Crippen LogP contribution in [0.2, 0.25) is 0 Å². The van der Waals surface area contributed by atoms with Crippen molar-refractivity contribution in [3.8, 4) is 17.2 Å². The number of Topliss-reactive ketones (excluding diaryl/α,β-unsaturated/α-hetero) is 1. The van der Waals surface area contributed by atoms with Crippen LogP contribution in [0.15, 0.2) is 58.9 Å². The maximum Gasteiger partial charge on any atom is 0.336 e. The molecule has 0 saturated carbocycles. The molecule has 1 heterocycles. The summed E-state index contributed by atoms with van der Waals surface area (Å²) in [7, 11) is 4.06. The molecule has 2 aromatic carbocycles. The number of hydrogen-bond donors (Lipinski definition) is 2. The average molecular weight is 495 g/mol. The summed E-state index contributed by atoms with van der Waals surface area (Å²) in [6, 6.07) is 10.1. The monoisotopic (exact) mass is 494 g/mol. The van der Waals surface area contributed by atoms with E-state index in [2.05, 4.69) is 5.32 Å². The number of nitro groups is 1. The maximum absolute atomic E-state index is 13.7. The summed E-state index contributed by atoms with van der Waals surface area (Å²) in [6.45, 7) is 1.69. The average Bonchev–Trinajstić information content (AvgIpc) is 2.87. The molecule has 1 aliphatic heterocycles. The number of hydrogen-bond acceptors (Lipinski definition) is 9. The second kappa shape index (κ2) is 9.73. The molecule has 188 valence electrons. The molecule has 0 radical (unpaired) electrons. The van der Waals surface area contributed by atoms with E-state index in [4.69, 9.17) is 14.2 Å². The number of ether oxygens (including phenoxy) is 3. The largest absolute Gasteiger partial charge is 0.500 e. The summed E-state index contributed by atoms with van der Waals surface area (Å²) in [5.41, 5.74) is 2.12. The minimum Gasteiger partial charge on any atom is -0.500 e. The van der Waals surface area contributed by atoms with Gasteiger partial charge in [-0.05, 0) is 36.6 Å². The number of carbonyl (C=O) groups is 2. The fourth-order valence-corrected chi connectivity index (χ4v) is 5.05. The molecule has 0 amide bonds. The van der Waals surface area contributed by atoms with Crippen LogP contribution in [0.4, 0.5) is 5.69 Å². The van der Waals surface area contributed by atoms with Crippen LogP contribution < -0.4 is 14.8 Å². The molecule has 0 fully saturated rings. The fourth-order valence-electron chi connectivity index (χ4n) is 5.05. The number of dihydropyridines is 1.